The number of aliphatic imine (C=N–C) groups is 1. The first-order valence-corrected chi connectivity index (χ1v) is 10.6. The van der Waals surface area contributed by atoms with Crippen molar-refractivity contribution in [2.45, 2.75) is 31.0 Å². The van der Waals surface area contributed by atoms with Gasteiger partial charge in [-0.2, -0.15) is 0 Å². The van der Waals surface area contributed by atoms with Gasteiger partial charge in [0.15, 0.2) is 5.96 Å². The van der Waals surface area contributed by atoms with Gasteiger partial charge in [0, 0.05) is 33.3 Å². The predicted molar refractivity (Wildman–Crippen MR) is 127 cm³/mol. The average Bonchev–Trinajstić information content (AvgIpc) is 2.70. The van der Waals surface area contributed by atoms with E-state index in [1.807, 2.05) is 13.0 Å². The molecule has 166 valence electrons. The van der Waals surface area contributed by atoms with Crippen LogP contribution in [0.25, 0.3) is 0 Å². The summed E-state index contributed by atoms with van der Waals surface area (Å²) in [4.78, 5) is 4.29. The van der Waals surface area contributed by atoms with Gasteiger partial charge in [0.25, 0.3) is 0 Å². The fraction of sp³-hybridized carbons (Fsp3) is 0.350. The number of ether oxygens (including phenoxy) is 1. The SMILES string of the molecule is CN=C(NCc1cccc(S(=O)(=O)NCc2cccc(F)c2)c1)NC(C)COC.I. The number of methoxy groups -OCH3 is 1. The Bertz CT molecular complexity index is 941. The Kier molecular flexibility index (Phi) is 11.2. The maximum absolute atomic E-state index is 13.3. The van der Waals surface area contributed by atoms with Crippen LogP contribution in [0, 0.1) is 5.82 Å². The minimum absolute atomic E-state index is 0. The maximum Gasteiger partial charge on any atom is 0.240 e. The second-order valence-electron chi connectivity index (χ2n) is 6.53. The largest absolute Gasteiger partial charge is 0.383 e. The second-order valence-corrected chi connectivity index (χ2v) is 8.30. The molecule has 0 amide bonds. The molecule has 30 heavy (non-hydrogen) atoms. The molecule has 0 aliphatic heterocycles. The van der Waals surface area contributed by atoms with E-state index in [4.69, 9.17) is 4.74 Å². The van der Waals surface area contributed by atoms with Crippen molar-refractivity contribution in [1.29, 1.82) is 0 Å². The summed E-state index contributed by atoms with van der Waals surface area (Å²) < 4.78 is 46.0. The minimum Gasteiger partial charge on any atom is -0.383 e. The van der Waals surface area contributed by atoms with Gasteiger partial charge >= 0.3 is 0 Å². The number of rotatable bonds is 9. The molecule has 0 fully saturated rings. The summed E-state index contributed by atoms with van der Waals surface area (Å²) in [6.45, 7) is 2.91. The van der Waals surface area contributed by atoms with E-state index in [1.54, 1.807) is 38.4 Å². The number of hydrogen-bond donors (Lipinski definition) is 3. The smallest absolute Gasteiger partial charge is 0.240 e. The standard InChI is InChI=1S/C20H27FN4O3S.HI/c1-15(14-28-3)25-20(22-2)23-12-17-7-5-9-19(11-17)29(26,27)24-13-16-6-4-8-18(21)10-16;/h4-11,15,24H,12-14H2,1-3H3,(H2,22,23,25);1H. The topological polar surface area (TPSA) is 91.8 Å². The van der Waals surface area contributed by atoms with E-state index in [0.717, 1.165) is 5.56 Å². The predicted octanol–water partition coefficient (Wildman–Crippen LogP) is 2.62. The lowest BCUT2D eigenvalue weighted by Crippen LogP contribution is -2.43. The van der Waals surface area contributed by atoms with E-state index < -0.39 is 15.8 Å². The summed E-state index contributed by atoms with van der Waals surface area (Å²) in [6.07, 6.45) is 0. The minimum atomic E-state index is -3.73. The molecular weight excluding hydrogens is 522 g/mol. The molecule has 0 radical (unpaired) electrons. The van der Waals surface area contributed by atoms with Gasteiger partial charge in [-0.3, -0.25) is 4.99 Å². The van der Waals surface area contributed by atoms with Crippen molar-refractivity contribution in [1.82, 2.24) is 15.4 Å². The van der Waals surface area contributed by atoms with Crippen LogP contribution < -0.4 is 15.4 Å². The number of nitrogens with one attached hydrogen (secondary N) is 3. The van der Waals surface area contributed by atoms with Crippen LogP contribution in [0.4, 0.5) is 4.39 Å². The molecule has 0 saturated heterocycles. The van der Waals surface area contributed by atoms with Crippen molar-refractivity contribution in [2.24, 2.45) is 4.99 Å². The van der Waals surface area contributed by atoms with Crippen molar-refractivity contribution in [3.8, 4) is 0 Å². The first kappa shape index (κ1) is 26.3. The second kappa shape index (κ2) is 12.8. The summed E-state index contributed by atoms with van der Waals surface area (Å²) in [7, 11) is -0.440. The molecule has 0 aromatic heterocycles. The van der Waals surface area contributed by atoms with Crippen molar-refractivity contribution in [3.63, 3.8) is 0 Å². The zero-order valence-corrected chi connectivity index (χ0v) is 20.3. The monoisotopic (exact) mass is 550 g/mol. The van der Waals surface area contributed by atoms with Gasteiger partial charge in [0.1, 0.15) is 5.82 Å². The molecule has 2 aromatic rings. The van der Waals surface area contributed by atoms with Crippen LogP contribution in [0.15, 0.2) is 58.4 Å². The molecule has 2 aromatic carbocycles. The Morgan fingerprint density at radius 2 is 1.80 bits per heavy atom. The number of guanidine groups is 1. The van der Waals surface area contributed by atoms with Gasteiger partial charge in [-0.25, -0.2) is 17.5 Å². The zero-order valence-electron chi connectivity index (χ0n) is 17.2. The highest BCUT2D eigenvalue weighted by atomic mass is 127. The van der Waals surface area contributed by atoms with E-state index >= 15 is 0 Å². The summed E-state index contributed by atoms with van der Waals surface area (Å²) in [5.74, 6) is 0.184. The summed E-state index contributed by atoms with van der Waals surface area (Å²) >= 11 is 0. The quantitative estimate of drug-likeness (QED) is 0.254. The number of nitrogens with zero attached hydrogens (tertiary/aromatic N) is 1. The Balaban J connectivity index is 0.00000450. The normalized spacial score (nSPS) is 12.7. The number of sulfonamides is 1. The lowest BCUT2D eigenvalue weighted by atomic mass is 10.2. The highest BCUT2D eigenvalue weighted by molar-refractivity contribution is 14.0. The van der Waals surface area contributed by atoms with Crippen LogP contribution in [0.1, 0.15) is 18.1 Å². The van der Waals surface area contributed by atoms with Crippen molar-refractivity contribution < 1.29 is 17.5 Å². The molecular formula is C20H28FIN4O3S. The lowest BCUT2D eigenvalue weighted by Gasteiger charge is -2.17. The van der Waals surface area contributed by atoms with Crippen LogP contribution in [0.3, 0.4) is 0 Å². The molecule has 1 unspecified atom stereocenters. The van der Waals surface area contributed by atoms with Gasteiger partial charge in [-0.05, 0) is 42.3 Å². The van der Waals surface area contributed by atoms with Gasteiger partial charge in [-0.1, -0.05) is 24.3 Å². The van der Waals surface area contributed by atoms with Gasteiger partial charge < -0.3 is 15.4 Å². The third-order valence-corrected chi connectivity index (χ3v) is 5.45. The lowest BCUT2D eigenvalue weighted by molar-refractivity contribution is 0.179. The molecule has 0 aliphatic carbocycles. The van der Waals surface area contributed by atoms with Crippen LogP contribution in [-0.2, 0) is 27.8 Å². The third kappa shape index (κ3) is 8.54. The highest BCUT2D eigenvalue weighted by Gasteiger charge is 2.14. The zero-order chi connectivity index (χ0) is 21.3. The van der Waals surface area contributed by atoms with E-state index in [-0.39, 0.29) is 41.5 Å². The fourth-order valence-electron chi connectivity index (χ4n) is 2.64. The van der Waals surface area contributed by atoms with E-state index in [0.29, 0.717) is 24.7 Å². The highest BCUT2D eigenvalue weighted by Crippen LogP contribution is 2.13. The Hall–Kier alpha value is -1.76. The van der Waals surface area contributed by atoms with Crippen molar-refractivity contribution in [2.75, 3.05) is 20.8 Å². The first-order chi connectivity index (χ1) is 13.8. The molecule has 0 saturated carbocycles. The number of benzene rings is 2. The molecule has 0 bridgehead atoms. The summed E-state index contributed by atoms with van der Waals surface area (Å²) in [5.41, 5.74) is 1.33. The fourth-order valence-corrected chi connectivity index (χ4v) is 3.72. The molecule has 1 atom stereocenters. The molecule has 2 rings (SSSR count). The third-order valence-electron chi connectivity index (χ3n) is 4.05. The van der Waals surface area contributed by atoms with Crippen LogP contribution >= 0.6 is 24.0 Å². The summed E-state index contributed by atoms with van der Waals surface area (Å²) in [5, 5.41) is 6.32. The van der Waals surface area contributed by atoms with Crippen molar-refractivity contribution in [3.05, 3.63) is 65.5 Å². The van der Waals surface area contributed by atoms with Crippen LogP contribution in [0.5, 0.6) is 0 Å². The van der Waals surface area contributed by atoms with E-state index in [9.17, 15) is 12.8 Å². The van der Waals surface area contributed by atoms with Gasteiger partial charge in [0.2, 0.25) is 10.0 Å². The average molecular weight is 550 g/mol. The summed E-state index contributed by atoms with van der Waals surface area (Å²) in [6, 6.07) is 12.5. The number of hydrogen-bond acceptors (Lipinski definition) is 4. The molecule has 0 heterocycles. The van der Waals surface area contributed by atoms with Crippen molar-refractivity contribution >= 4 is 40.0 Å². The van der Waals surface area contributed by atoms with Gasteiger partial charge in [-0.15, -0.1) is 24.0 Å². The Morgan fingerprint density at radius 1 is 1.13 bits per heavy atom. The first-order valence-electron chi connectivity index (χ1n) is 9.13. The van der Waals surface area contributed by atoms with E-state index in [2.05, 4.69) is 20.3 Å². The van der Waals surface area contributed by atoms with E-state index in [1.165, 1.54) is 18.2 Å². The van der Waals surface area contributed by atoms with Gasteiger partial charge in [0.05, 0.1) is 11.5 Å². The number of halogens is 2. The maximum atomic E-state index is 13.3. The molecule has 7 nitrogen and oxygen atoms in total. The van der Waals surface area contributed by atoms with Crippen LogP contribution in [0.2, 0.25) is 0 Å². The molecule has 10 heteroatoms. The Morgan fingerprint density at radius 3 is 2.43 bits per heavy atom. The molecule has 0 spiro atoms. The molecule has 0 aliphatic rings. The molecule has 3 N–H and O–H groups in total. The Labute approximate surface area is 194 Å². The van der Waals surface area contributed by atoms with Crippen LogP contribution in [-0.4, -0.2) is 41.2 Å².